The fourth-order valence-corrected chi connectivity index (χ4v) is 4.85. The summed E-state index contributed by atoms with van der Waals surface area (Å²) in [5.74, 6) is 2.72. The molecule has 3 amide bonds. The lowest BCUT2D eigenvalue weighted by Crippen LogP contribution is -2.19. The summed E-state index contributed by atoms with van der Waals surface area (Å²) >= 11 is 2.89. The van der Waals surface area contributed by atoms with E-state index in [2.05, 4.69) is 30.8 Å². The lowest BCUT2D eigenvalue weighted by molar-refractivity contribution is -0.107. The van der Waals surface area contributed by atoms with Crippen LogP contribution in [0.5, 0.6) is 11.5 Å². The van der Waals surface area contributed by atoms with Crippen LogP contribution in [0.1, 0.15) is 6.92 Å². The maximum Gasteiger partial charge on any atom is 0.325 e. The van der Waals surface area contributed by atoms with Gasteiger partial charge in [0.2, 0.25) is 23.4 Å². The number of anilines is 4. The summed E-state index contributed by atoms with van der Waals surface area (Å²) in [6, 6.07) is 15.2. The molecule has 182 valence electrons. The van der Waals surface area contributed by atoms with Crippen LogP contribution in [0.25, 0.3) is 11.0 Å². The van der Waals surface area contributed by atoms with Gasteiger partial charge in [-0.2, -0.15) is 0 Å². The number of carbonyl (C=O) groups excluding carboxylic acids is 2. The van der Waals surface area contributed by atoms with Crippen molar-refractivity contribution in [3.8, 4) is 11.5 Å². The number of hydrogen-bond acceptors (Lipinski definition) is 9. The highest BCUT2D eigenvalue weighted by Crippen LogP contribution is 2.29. The number of aromatic amines is 1. The van der Waals surface area contributed by atoms with Crippen LogP contribution >= 0.6 is 23.1 Å². The van der Waals surface area contributed by atoms with Crippen LogP contribution in [-0.2, 0) is 4.79 Å². The fraction of sp³-hybridized carbons (Fsp3) is 0.0870. The smallest absolute Gasteiger partial charge is 0.325 e. The van der Waals surface area contributed by atoms with E-state index in [9.17, 15) is 9.59 Å². The Labute approximate surface area is 212 Å². The molecule has 0 unspecified atom stereocenters. The zero-order valence-electron chi connectivity index (χ0n) is 18.8. The Balaban J connectivity index is 1.22. The molecule has 0 spiro atoms. The first-order valence-corrected chi connectivity index (χ1v) is 12.5. The zero-order valence-corrected chi connectivity index (χ0v) is 20.4. The molecule has 0 atom stereocenters. The van der Waals surface area contributed by atoms with Gasteiger partial charge in [0, 0.05) is 17.8 Å². The van der Waals surface area contributed by atoms with Crippen molar-refractivity contribution in [3.63, 3.8) is 0 Å². The Bertz CT molecular complexity index is 1480. The van der Waals surface area contributed by atoms with Crippen molar-refractivity contribution >= 4 is 69.2 Å². The van der Waals surface area contributed by atoms with Gasteiger partial charge in [0.15, 0.2) is 4.34 Å². The van der Waals surface area contributed by atoms with Gasteiger partial charge >= 0.3 is 6.03 Å². The quantitative estimate of drug-likeness (QED) is 0.125. The Kier molecular flexibility index (Phi) is 6.82. The van der Waals surface area contributed by atoms with Gasteiger partial charge in [-0.15, -0.1) is 10.2 Å². The van der Waals surface area contributed by atoms with E-state index in [1.165, 1.54) is 22.5 Å². The molecule has 3 aromatic heterocycles. The summed E-state index contributed by atoms with van der Waals surface area (Å²) in [5, 5.41) is 13.8. The Hall–Kier alpha value is -4.36. The Morgan fingerprint density at radius 2 is 2.00 bits per heavy atom. The number of imidazole rings is 1. The van der Waals surface area contributed by atoms with Crippen LogP contribution in [0.4, 0.5) is 27.4 Å². The monoisotopic (exact) mass is 521 g/mol. The van der Waals surface area contributed by atoms with Crippen molar-refractivity contribution in [3.05, 3.63) is 60.9 Å². The molecule has 0 aliphatic rings. The fourth-order valence-electron chi connectivity index (χ4n) is 3.21. The predicted octanol–water partition coefficient (Wildman–Crippen LogP) is 5.85. The second-order valence-electron chi connectivity index (χ2n) is 7.18. The maximum absolute atomic E-state index is 12.2. The van der Waals surface area contributed by atoms with Gasteiger partial charge in [-0.1, -0.05) is 30.0 Å². The van der Waals surface area contributed by atoms with Crippen LogP contribution in [0.15, 0.2) is 69.6 Å². The summed E-state index contributed by atoms with van der Waals surface area (Å²) in [5.41, 5.74) is 1.94. The highest BCUT2D eigenvalue weighted by atomic mass is 32.2. The van der Waals surface area contributed by atoms with Gasteiger partial charge in [0.1, 0.15) is 11.5 Å². The summed E-state index contributed by atoms with van der Waals surface area (Å²) in [6.07, 6.45) is 2.11. The van der Waals surface area contributed by atoms with E-state index in [0.717, 1.165) is 10.1 Å². The molecule has 5 aromatic rings. The Morgan fingerprint density at radius 1 is 1.17 bits per heavy atom. The van der Waals surface area contributed by atoms with E-state index < -0.39 is 6.03 Å². The van der Waals surface area contributed by atoms with Crippen molar-refractivity contribution in [2.75, 3.05) is 21.3 Å². The number of carbonyl (C=O) groups is 2. The second kappa shape index (κ2) is 10.5. The zero-order chi connectivity index (χ0) is 24.9. The van der Waals surface area contributed by atoms with Crippen molar-refractivity contribution in [2.24, 2.45) is 0 Å². The number of H-pyrrole nitrogens is 1. The van der Waals surface area contributed by atoms with Gasteiger partial charge in [0.25, 0.3) is 0 Å². The summed E-state index contributed by atoms with van der Waals surface area (Å²) in [6.45, 7) is 2.02. The molecular weight excluding hydrogens is 502 g/mol. The molecule has 0 aliphatic carbocycles. The molecule has 5 rings (SSSR count). The van der Waals surface area contributed by atoms with Crippen molar-refractivity contribution in [1.29, 1.82) is 0 Å². The third-order valence-electron chi connectivity index (χ3n) is 4.76. The van der Waals surface area contributed by atoms with Gasteiger partial charge in [-0.25, -0.2) is 14.7 Å². The average Bonchev–Trinajstić information content (AvgIpc) is 3.63. The number of hydrogen-bond donors (Lipinski definition) is 3. The normalized spacial score (nSPS) is 10.8. The number of urea groups is 1. The first-order valence-electron chi connectivity index (χ1n) is 10.7. The van der Waals surface area contributed by atoms with E-state index in [0.29, 0.717) is 51.6 Å². The lowest BCUT2D eigenvalue weighted by Gasteiger charge is -2.09. The largest absolute Gasteiger partial charge is 0.457 e. The molecule has 3 heterocycles. The molecule has 0 saturated carbocycles. The minimum atomic E-state index is -0.410. The molecule has 3 N–H and O–H groups in total. The summed E-state index contributed by atoms with van der Waals surface area (Å²) in [4.78, 5) is 32.6. The van der Waals surface area contributed by atoms with Gasteiger partial charge in [-0.05, 0) is 48.2 Å². The molecule has 0 aliphatic heterocycles. The number of ether oxygens (including phenoxy) is 1. The SMILES string of the molecule is CCSc1nnc(NC(=O)Nc2ccc(Oc3ccc4nc(N(C=O)c5ccco5)[nH]c4c3)cc2)s1. The molecule has 0 fully saturated rings. The molecule has 0 radical (unpaired) electrons. The van der Waals surface area contributed by atoms with E-state index in [-0.39, 0.29) is 0 Å². The number of nitrogens with zero attached hydrogens (tertiary/aromatic N) is 4. The van der Waals surface area contributed by atoms with Crippen LogP contribution in [-0.4, -0.2) is 38.4 Å². The number of thioether (sulfide) groups is 1. The molecule has 0 saturated heterocycles. The van der Waals surface area contributed by atoms with E-state index in [4.69, 9.17) is 9.15 Å². The molecule has 2 aromatic carbocycles. The van der Waals surface area contributed by atoms with Gasteiger partial charge in [0.05, 0.1) is 17.3 Å². The van der Waals surface area contributed by atoms with Crippen LogP contribution in [0.2, 0.25) is 0 Å². The highest BCUT2D eigenvalue weighted by Gasteiger charge is 2.16. The van der Waals surface area contributed by atoms with E-state index >= 15 is 0 Å². The average molecular weight is 522 g/mol. The minimum Gasteiger partial charge on any atom is -0.457 e. The molecule has 0 bridgehead atoms. The third-order valence-corrected chi connectivity index (χ3v) is 6.61. The van der Waals surface area contributed by atoms with Crippen molar-refractivity contribution in [1.82, 2.24) is 20.2 Å². The number of benzene rings is 2. The maximum atomic E-state index is 12.2. The number of furan rings is 1. The predicted molar refractivity (Wildman–Crippen MR) is 138 cm³/mol. The van der Waals surface area contributed by atoms with Crippen LogP contribution < -0.4 is 20.3 Å². The molecular formula is C23H19N7O4S2. The first kappa shape index (κ1) is 23.4. The topological polar surface area (TPSA) is 138 Å². The van der Waals surface area contributed by atoms with E-state index in [1.54, 1.807) is 66.4 Å². The molecule has 36 heavy (non-hydrogen) atoms. The highest BCUT2D eigenvalue weighted by molar-refractivity contribution is 8.01. The van der Waals surface area contributed by atoms with E-state index in [1.807, 2.05) is 6.92 Å². The number of amides is 3. The van der Waals surface area contributed by atoms with Gasteiger partial charge < -0.3 is 19.5 Å². The van der Waals surface area contributed by atoms with Gasteiger partial charge in [-0.3, -0.25) is 10.1 Å². The Morgan fingerprint density at radius 3 is 2.75 bits per heavy atom. The summed E-state index contributed by atoms with van der Waals surface area (Å²) in [7, 11) is 0. The number of aromatic nitrogens is 4. The standard InChI is InChI=1S/C23H19N7O4S2/c1-2-35-23-29-28-22(36-23)27-21(32)24-14-5-7-15(8-6-14)34-16-9-10-17-18(12-16)26-20(25-17)30(13-31)19-4-3-11-33-19/h3-13H,2H2,1H3,(H,25,26)(H2,24,27,28,32). The van der Waals surface area contributed by atoms with Crippen molar-refractivity contribution in [2.45, 2.75) is 11.3 Å². The lowest BCUT2D eigenvalue weighted by atomic mass is 10.3. The number of fused-ring (bicyclic) bond motifs is 1. The number of nitrogens with one attached hydrogen (secondary N) is 3. The molecule has 13 heteroatoms. The van der Waals surface area contributed by atoms with Crippen LogP contribution in [0.3, 0.4) is 0 Å². The first-order chi connectivity index (χ1) is 17.6. The minimum absolute atomic E-state index is 0.328. The van der Waals surface area contributed by atoms with Crippen LogP contribution in [0, 0.1) is 0 Å². The van der Waals surface area contributed by atoms with Crippen molar-refractivity contribution < 1.29 is 18.7 Å². The second-order valence-corrected chi connectivity index (χ2v) is 9.67. The third kappa shape index (κ3) is 5.31. The number of rotatable bonds is 9. The molecule has 11 nitrogen and oxygen atoms in total. The summed E-state index contributed by atoms with van der Waals surface area (Å²) < 4.78 is 12.0.